The van der Waals surface area contributed by atoms with Gasteiger partial charge in [-0.1, -0.05) is 67.6 Å². The molecule has 0 aliphatic carbocycles. The van der Waals surface area contributed by atoms with Crippen molar-refractivity contribution in [2.75, 3.05) is 32.5 Å². The van der Waals surface area contributed by atoms with Gasteiger partial charge in [-0.25, -0.2) is 13.1 Å². The lowest BCUT2D eigenvalue weighted by Crippen LogP contribution is -2.42. The minimum Gasteiger partial charge on any atom is -0.376 e. The number of benzene rings is 2. The zero-order chi connectivity index (χ0) is 21.7. The van der Waals surface area contributed by atoms with Crippen molar-refractivity contribution in [3.63, 3.8) is 0 Å². The van der Waals surface area contributed by atoms with Crippen molar-refractivity contribution in [1.29, 1.82) is 0 Å². The van der Waals surface area contributed by atoms with Gasteiger partial charge in [0.2, 0.25) is 10.0 Å². The van der Waals surface area contributed by atoms with Crippen LogP contribution in [0.1, 0.15) is 18.1 Å². The maximum absolute atomic E-state index is 12.1. The molecule has 0 saturated heterocycles. The van der Waals surface area contributed by atoms with Crippen molar-refractivity contribution in [3.8, 4) is 0 Å². The molecule has 0 aliphatic rings. The average Bonchev–Trinajstić information content (AvgIpc) is 2.76. The molecule has 0 saturated carbocycles. The first-order valence-electron chi connectivity index (χ1n) is 10.1. The van der Waals surface area contributed by atoms with E-state index >= 15 is 0 Å². The summed E-state index contributed by atoms with van der Waals surface area (Å²) in [6.45, 7) is 4.53. The highest BCUT2D eigenvalue weighted by atomic mass is 127. The van der Waals surface area contributed by atoms with Crippen LogP contribution in [0.5, 0.6) is 0 Å². The Morgan fingerprint density at radius 2 is 1.61 bits per heavy atom. The van der Waals surface area contributed by atoms with Gasteiger partial charge in [-0.3, -0.25) is 4.99 Å². The molecule has 0 amide bonds. The molecule has 0 aliphatic heterocycles. The first kappa shape index (κ1) is 27.3. The Bertz CT molecular complexity index is 865. The van der Waals surface area contributed by atoms with Crippen LogP contribution in [-0.2, 0) is 27.9 Å². The fourth-order valence-corrected chi connectivity index (χ4v) is 3.57. The van der Waals surface area contributed by atoms with Gasteiger partial charge >= 0.3 is 0 Å². The third-order valence-corrected chi connectivity index (χ3v) is 5.68. The molecule has 31 heavy (non-hydrogen) atoms. The van der Waals surface area contributed by atoms with Gasteiger partial charge in [-0.2, -0.15) is 0 Å². The van der Waals surface area contributed by atoms with E-state index < -0.39 is 10.0 Å². The van der Waals surface area contributed by atoms with E-state index in [2.05, 4.69) is 27.3 Å². The number of rotatable bonds is 12. The fraction of sp³-hybridized carbons (Fsp3) is 0.409. The van der Waals surface area contributed by atoms with Gasteiger partial charge in [-0.05, 0) is 17.0 Å². The van der Waals surface area contributed by atoms with E-state index in [1.807, 2.05) is 60.7 Å². The Labute approximate surface area is 203 Å². The zero-order valence-corrected chi connectivity index (χ0v) is 21.2. The topological polar surface area (TPSA) is 91.8 Å². The molecule has 3 N–H and O–H groups in total. The van der Waals surface area contributed by atoms with Crippen LogP contribution in [0.3, 0.4) is 0 Å². The lowest BCUT2D eigenvalue weighted by molar-refractivity contribution is 0.0931. The standard InChI is InChI=1S/C22H32N4O3S.HI/c1-19(17-29-18-21-11-7-4-8-12-21)15-25-22(23-2)24-13-14-30(27,28)26-16-20-9-5-3-6-10-20;/h3-12,19,26H,13-18H2,1-2H3,(H2,23,24,25);1H. The van der Waals surface area contributed by atoms with Gasteiger partial charge in [0.05, 0.1) is 19.0 Å². The van der Waals surface area contributed by atoms with E-state index in [1.165, 1.54) is 0 Å². The second-order valence-electron chi connectivity index (χ2n) is 7.11. The van der Waals surface area contributed by atoms with Crippen molar-refractivity contribution >= 4 is 40.0 Å². The van der Waals surface area contributed by atoms with Gasteiger partial charge in [0, 0.05) is 26.7 Å². The maximum Gasteiger partial charge on any atom is 0.213 e. The summed E-state index contributed by atoms with van der Waals surface area (Å²) in [5, 5.41) is 6.25. The molecule has 2 aromatic rings. The number of nitrogens with one attached hydrogen (secondary N) is 3. The van der Waals surface area contributed by atoms with Gasteiger partial charge in [0.15, 0.2) is 5.96 Å². The molecule has 7 nitrogen and oxygen atoms in total. The third-order valence-electron chi connectivity index (χ3n) is 4.36. The first-order valence-corrected chi connectivity index (χ1v) is 11.7. The van der Waals surface area contributed by atoms with Gasteiger partial charge < -0.3 is 15.4 Å². The predicted molar refractivity (Wildman–Crippen MR) is 137 cm³/mol. The van der Waals surface area contributed by atoms with Crippen LogP contribution in [0, 0.1) is 5.92 Å². The van der Waals surface area contributed by atoms with Gasteiger partial charge in [-0.15, -0.1) is 24.0 Å². The summed E-state index contributed by atoms with van der Waals surface area (Å²) in [6.07, 6.45) is 0. The number of nitrogens with zero attached hydrogens (tertiary/aromatic N) is 1. The fourth-order valence-electron chi connectivity index (χ4n) is 2.67. The third kappa shape index (κ3) is 12.1. The molecule has 0 heterocycles. The molecule has 1 unspecified atom stereocenters. The van der Waals surface area contributed by atoms with E-state index in [9.17, 15) is 8.42 Å². The molecular weight excluding hydrogens is 527 g/mol. The molecule has 9 heteroatoms. The summed E-state index contributed by atoms with van der Waals surface area (Å²) in [7, 11) is -1.71. The summed E-state index contributed by atoms with van der Waals surface area (Å²) in [4.78, 5) is 4.14. The molecule has 2 rings (SSSR count). The van der Waals surface area contributed by atoms with Crippen LogP contribution in [0.2, 0.25) is 0 Å². The second kappa shape index (κ2) is 15.2. The van der Waals surface area contributed by atoms with Crippen molar-refractivity contribution in [2.24, 2.45) is 10.9 Å². The molecule has 0 spiro atoms. The second-order valence-corrected chi connectivity index (χ2v) is 9.04. The Morgan fingerprint density at radius 3 is 2.23 bits per heavy atom. The van der Waals surface area contributed by atoms with Gasteiger partial charge in [0.1, 0.15) is 0 Å². The quantitative estimate of drug-likeness (QED) is 0.211. The Morgan fingerprint density at radius 1 is 1.00 bits per heavy atom. The van der Waals surface area contributed by atoms with E-state index in [1.54, 1.807) is 7.05 Å². The normalized spacial score (nSPS) is 12.6. The van der Waals surface area contributed by atoms with E-state index in [-0.39, 0.29) is 48.7 Å². The Hall–Kier alpha value is -1.69. The molecular formula is C22H33IN4O3S. The minimum absolute atomic E-state index is 0. The average molecular weight is 561 g/mol. The number of hydrogen-bond donors (Lipinski definition) is 3. The van der Waals surface area contributed by atoms with Crippen LogP contribution in [0.15, 0.2) is 65.7 Å². The van der Waals surface area contributed by atoms with Crippen molar-refractivity contribution in [3.05, 3.63) is 71.8 Å². The maximum atomic E-state index is 12.1. The lowest BCUT2D eigenvalue weighted by Gasteiger charge is -2.16. The number of sulfonamides is 1. The zero-order valence-electron chi connectivity index (χ0n) is 18.1. The predicted octanol–water partition coefficient (Wildman–Crippen LogP) is 2.74. The Kier molecular flexibility index (Phi) is 13.4. The number of hydrogen-bond acceptors (Lipinski definition) is 4. The molecule has 0 aromatic heterocycles. The van der Waals surface area contributed by atoms with Crippen molar-refractivity contribution in [2.45, 2.75) is 20.1 Å². The highest BCUT2D eigenvalue weighted by Crippen LogP contribution is 2.03. The first-order chi connectivity index (χ1) is 14.5. The van der Waals surface area contributed by atoms with Crippen molar-refractivity contribution < 1.29 is 13.2 Å². The molecule has 0 fully saturated rings. The number of aliphatic imine (C=N–C) groups is 1. The van der Waals surface area contributed by atoms with Crippen LogP contribution < -0.4 is 15.4 Å². The molecule has 2 aromatic carbocycles. The number of halogens is 1. The molecule has 1 atom stereocenters. The van der Waals surface area contributed by atoms with E-state index in [4.69, 9.17) is 4.74 Å². The summed E-state index contributed by atoms with van der Waals surface area (Å²) in [5.74, 6) is 0.822. The van der Waals surface area contributed by atoms with Crippen LogP contribution in [0.25, 0.3) is 0 Å². The number of guanidine groups is 1. The summed E-state index contributed by atoms with van der Waals surface area (Å²) >= 11 is 0. The molecule has 172 valence electrons. The Balaban J connectivity index is 0.00000480. The number of ether oxygens (including phenoxy) is 1. The highest BCUT2D eigenvalue weighted by molar-refractivity contribution is 14.0. The lowest BCUT2D eigenvalue weighted by atomic mass is 10.2. The summed E-state index contributed by atoms with van der Waals surface area (Å²) in [5.41, 5.74) is 2.08. The van der Waals surface area contributed by atoms with Crippen LogP contribution in [0.4, 0.5) is 0 Å². The van der Waals surface area contributed by atoms with E-state index in [0.29, 0.717) is 25.7 Å². The SMILES string of the molecule is CN=C(NCCS(=O)(=O)NCc1ccccc1)NCC(C)COCc1ccccc1.I. The van der Waals surface area contributed by atoms with Gasteiger partial charge in [0.25, 0.3) is 0 Å². The smallest absolute Gasteiger partial charge is 0.213 e. The van der Waals surface area contributed by atoms with Crippen LogP contribution >= 0.6 is 24.0 Å². The summed E-state index contributed by atoms with van der Waals surface area (Å²) < 4.78 is 32.7. The van der Waals surface area contributed by atoms with Crippen molar-refractivity contribution in [1.82, 2.24) is 15.4 Å². The largest absolute Gasteiger partial charge is 0.376 e. The van der Waals surface area contributed by atoms with E-state index in [0.717, 1.165) is 11.1 Å². The minimum atomic E-state index is -3.37. The molecule has 0 radical (unpaired) electrons. The molecule has 0 bridgehead atoms. The monoisotopic (exact) mass is 560 g/mol. The highest BCUT2D eigenvalue weighted by Gasteiger charge is 2.11. The van der Waals surface area contributed by atoms with Crippen LogP contribution in [-0.4, -0.2) is 46.9 Å². The summed E-state index contributed by atoms with van der Waals surface area (Å²) in [6, 6.07) is 19.5.